The number of nitrogens with two attached hydrogens (primary N) is 1. The molecular formula is C13H29N3. The highest BCUT2D eigenvalue weighted by Crippen LogP contribution is 2.15. The van der Waals surface area contributed by atoms with Gasteiger partial charge < -0.3 is 15.5 Å². The fourth-order valence-corrected chi connectivity index (χ4v) is 2.46. The molecule has 0 aromatic rings. The summed E-state index contributed by atoms with van der Waals surface area (Å²) in [5, 5.41) is 0. The van der Waals surface area contributed by atoms with Gasteiger partial charge in [-0.15, -0.1) is 0 Å². The number of rotatable bonds is 5. The maximum atomic E-state index is 6.21. The van der Waals surface area contributed by atoms with Gasteiger partial charge in [0.2, 0.25) is 0 Å². The summed E-state index contributed by atoms with van der Waals surface area (Å²) in [6.07, 6.45) is 3.83. The van der Waals surface area contributed by atoms with E-state index in [0.29, 0.717) is 18.0 Å². The van der Waals surface area contributed by atoms with E-state index in [2.05, 4.69) is 37.7 Å². The quantitative estimate of drug-likeness (QED) is 0.770. The van der Waals surface area contributed by atoms with Crippen molar-refractivity contribution in [2.24, 2.45) is 11.7 Å². The number of nitrogens with zero attached hydrogens (tertiary/aromatic N) is 2. The Bertz CT molecular complexity index is 196. The van der Waals surface area contributed by atoms with Gasteiger partial charge in [-0.1, -0.05) is 20.3 Å². The van der Waals surface area contributed by atoms with E-state index in [4.69, 9.17) is 5.73 Å². The van der Waals surface area contributed by atoms with Crippen LogP contribution in [0.4, 0.5) is 0 Å². The zero-order valence-electron chi connectivity index (χ0n) is 11.4. The molecule has 96 valence electrons. The molecule has 1 rings (SSSR count). The summed E-state index contributed by atoms with van der Waals surface area (Å²) in [7, 11) is 4.45. The molecule has 0 aromatic carbocycles. The van der Waals surface area contributed by atoms with Crippen LogP contribution in [-0.2, 0) is 0 Å². The highest BCUT2D eigenvalue weighted by Gasteiger charge is 2.23. The third-order valence-electron chi connectivity index (χ3n) is 4.10. The monoisotopic (exact) mass is 227 g/mol. The highest BCUT2D eigenvalue weighted by molar-refractivity contribution is 4.81. The van der Waals surface area contributed by atoms with E-state index in [9.17, 15) is 0 Å². The van der Waals surface area contributed by atoms with Crippen LogP contribution >= 0.6 is 0 Å². The molecular weight excluding hydrogens is 198 g/mol. The highest BCUT2D eigenvalue weighted by atomic mass is 15.2. The van der Waals surface area contributed by atoms with E-state index in [-0.39, 0.29) is 0 Å². The molecule has 0 radical (unpaired) electrons. The van der Waals surface area contributed by atoms with Crippen molar-refractivity contribution in [1.82, 2.24) is 9.80 Å². The molecule has 2 N–H and O–H groups in total. The number of hydrogen-bond donors (Lipinski definition) is 1. The Kier molecular flexibility index (Phi) is 5.73. The van der Waals surface area contributed by atoms with Crippen molar-refractivity contribution in [3.05, 3.63) is 0 Å². The fraction of sp³-hybridized carbons (Fsp3) is 1.00. The smallest absolute Gasteiger partial charge is 0.0221 e. The summed E-state index contributed by atoms with van der Waals surface area (Å²) in [5.41, 5.74) is 6.21. The van der Waals surface area contributed by atoms with Crippen molar-refractivity contribution in [1.29, 1.82) is 0 Å². The lowest BCUT2D eigenvalue weighted by Crippen LogP contribution is -2.49. The molecule has 3 heteroatoms. The Hall–Kier alpha value is -0.120. The molecule has 1 saturated heterocycles. The van der Waals surface area contributed by atoms with Crippen molar-refractivity contribution in [3.63, 3.8) is 0 Å². The summed E-state index contributed by atoms with van der Waals surface area (Å²) < 4.78 is 0. The molecule has 0 saturated carbocycles. The van der Waals surface area contributed by atoms with E-state index in [1.54, 1.807) is 0 Å². The predicted octanol–water partition coefficient (Wildman–Crippen LogP) is 1.39. The molecule has 0 amide bonds. The first-order valence-electron chi connectivity index (χ1n) is 6.69. The van der Waals surface area contributed by atoms with Crippen LogP contribution in [0, 0.1) is 5.92 Å². The number of likely N-dealkylation sites (N-methyl/N-ethyl adjacent to an activating group) is 2. The Morgan fingerprint density at radius 1 is 1.50 bits per heavy atom. The van der Waals surface area contributed by atoms with Gasteiger partial charge in [0, 0.05) is 25.2 Å². The van der Waals surface area contributed by atoms with Crippen LogP contribution in [0.15, 0.2) is 0 Å². The van der Waals surface area contributed by atoms with E-state index < -0.39 is 0 Å². The molecule has 0 spiro atoms. The number of hydrogen-bond acceptors (Lipinski definition) is 3. The largest absolute Gasteiger partial charge is 0.326 e. The molecule has 1 aliphatic rings. The van der Waals surface area contributed by atoms with Crippen LogP contribution in [-0.4, -0.2) is 55.6 Å². The molecule has 3 unspecified atom stereocenters. The Morgan fingerprint density at radius 3 is 2.75 bits per heavy atom. The third-order valence-corrected chi connectivity index (χ3v) is 4.10. The van der Waals surface area contributed by atoms with Gasteiger partial charge in [0.25, 0.3) is 0 Å². The summed E-state index contributed by atoms with van der Waals surface area (Å²) in [6.45, 7) is 7.96. The normalized spacial score (nSPS) is 27.0. The SMILES string of the molecule is CCC(C)C(N)CN(C)C1CCCN(C)C1. The van der Waals surface area contributed by atoms with Gasteiger partial charge >= 0.3 is 0 Å². The average Bonchev–Trinajstić information content (AvgIpc) is 2.27. The average molecular weight is 227 g/mol. The number of piperidine rings is 1. The van der Waals surface area contributed by atoms with Crippen LogP contribution < -0.4 is 5.73 Å². The predicted molar refractivity (Wildman–Crippen MR) is 70.6 cm³/mol. The Balaban J connectivity index is 2.35. The topological polar surface area (TPSA) is 32.5 Å². The molecule has 0 bridgehead atoms. The second-order valence-electron chi connectivity index (χ2n) is 5.55. The minimum Gasteiger partial charge on any atom is -0.326 e. The minimum absolute atomic E-state index is 0.322. The van der Waals surface area contributed by atoms with Gasteiger partial charge in [-0.05, 0) is 39.4 Å². The molecule has 0 aromatic heterocycles. The maximum Gasteiger partial charge on any atom is 0.0221 e. The second kappa shape index (κ2) is 6.58. The van der Waals surface area contributed by atoms with E-state index in [1.807, 2.05) is 0 Å². The van der Waals surface area contributed by atoms with E-state index >= 15 is 0 Å². The van der Waals surface area contributed by atoms with Crippen molar-refractivity contribution in [2.75, 3.05) is 33.7 Å². The molecule has 16 heavy (non-hydrogen) atoms. The van der Waals surface area contributed by atoms with E-state index in [1.165, 1.54) is 32.4 Å². The molecule has 1 aliphatic heterocycles. The van der Waals surface area contributed by atoms with Crippen molar-refractivity contribution < 1.29 is 0 Å². The van der Waals surface area contributed by atoms with Crippen molar-refractivity contribution in [2.45, 2.75) is 45.2 Å². The first-order chi connectivity index (χ1) is 7.54. The third kappa shape index (κ3) is 4.04. The molecule has 1 fully saturated rings. The summed E-state index contributed by atoms with van der Waals surface area (Å²) in [6, 6.07) is 1.02. The number of likely N-dealkylation sites (tertiary alicyclic amines) is 1. The van der Waals surface area contributed by atoms with Crippen molar-refractivity contribution >= 4 is 0 Å². The van der Waals surface area contributed by atoms with Crippen LogP contribution in [0.25, 0.3) is 0 Å². The van der Waals surface area contributed by atoms with Gasteiger partial charge in [-0.25, -0.2) is 0 Å². The van der Waals surface area contributed by atoms with Crippen LogP contribution in [0.5, 0.6) is 0 Å². The fourth-order valence-electron chi connectivity index (χ4n) is 2.46. The van der Waals surface area contributed by atoms with Crippen LogP contribution in [0.3, 0.4) is 0 Å². The first-order valence-corrected chi connectivity index (χ1v) is 6.69. The van der Waals surface area contributed by atoms with Crippen LogP contribution in [0.2, 0.25) is 0 Å². The van der Waals surface area contributed by atoms with Gasteiger partial charge in [0.05, 0.1) is 0 Å². The van der Waals surface area contributed by atoms with Crippen molar-refractivity contribution in [3.8, 4) is 0 Å². The van der Waals surface area contributed by atoms with Gasteiger partial charge in [-0.2, -0.15) is 0 Å². The first kappa shape index (κ1) is 13.9. The second-order valence-corrected chi connectivity index (χ2v) is 5.55. The molecule has 3 nitrogen and oxygen atoms in total. The molecule has 1 heterocycles. The molecule has 0 aliphatic carbocycles. The van der Waals surface area contributed by atoms with Gasteiger partial charge in [0.15, 0.2) is 0 Å². The van der Waals surface area contributed by atoms with Gasteiger partial charge in [0.1, 0.15) is 0 Å². The minimum atomic E-state index is 0.322. The summed E-state index contributed by atoms with van der Waals surface area (Å²) >= 11 is 0. The maximum absolute atomic E-state index is 6.21. The lowest BCUT2D eigenvalue weighted by atomic mass is 9.98. The Morgan fingerprint density at radius 2 is 2.19 bits per heavy atom. The van der Waals surface area contributed by atoms with Crippen LogP contribution in [0.1, 0.15) is 33.1 Å². The summed E-state index contributed by atoms with van der Waals surface area (Å²) in [5.74, 6) is 0.628. The standard InChI is InChI=1S/C13H29N3/c1-5-11(2)13(14)10-16(4)12-7-6-8-15(3)9-12/h11-13H,5-10,14H2,1-4H3. The lowest BCUT2D eigenvalue weighted by molar-refractivity contribution is 0.123. The zero-order chi connectivity index (χ0) is 12.1. The molecule has 3 atom stereocenters. The van der Waals surface area contributed by atoms with Gasteiger partial charge in [-0.3, -0.25) is 0 Å². The summed E-state index contributed by atoms with van der Waals surface area (Å²) in [4.78, 5) is 4.89. The zero-order valence-corrected chi connectivity index (χ0v) is 11.4. The Labute approximate surface area is 101 Å². The van der Waals surface area contributed by atoms with E-state index in [0.717, 1.165) is 6.54 Å². The lowest BCUT2D eigenvalue weighted by Gasteiger charge is -2.37.